The second-order valence-electron chi connectivity index (χ2n) is 11.1. The smallest absolute Gasteiger partial charge is 0.319 e. The highest BCUT2D eigenvalue weighted by atomic mass is 16.5. The number of hydrogen-bond donors (Lipinski definition) is 2. The molecule has 0 spiro atoms. The number of ether oxygens (including phenoxy) is 1. The van der Waals surface area contributed by atoms with Gasteiger partial charge in [0.25, 0.3) is 0 Å². The molecule has 0 radical (unpaired) electrons. The van der Waals surface area contributed by atoms with Crippen molar-refractivity contribution in [3.05, 3.63) is 35.5 Å². The molecule has 1 saturated heterocycles. The highest BCUT2D eigenvalue weighted by Crippen LogP contribution is 2.35. The predicted octanol–water partition coefficient (Wildman–Crippen LogP) is 5.11. The number of carbonyl (C=O) groups is 1. The molecule has 2 aliphatic rings. The topological polar surface area (TPSA) is 82.6 Å². The first-order valence-electron chi connectivity index (χ1n) is 13.8. The fraction of sp³-hybridized carbons (Fsp3) is 0.621. The Morgan fingerprint density at radius 3 is 2.59 bits per heavy atom. The molecular weight excluding hydrogens is 464 g/mol. The number of rotatable bonds is 8. The molecule has 3 heterocycles. The zero-order valence-corrected chi connectivity index (χ0v) is 23.4. The molecule has 3 atom stereocenters. The van der Waals surface area contributed by atoms with E-state index in [1.54, 1.807) is 0 Å². The molecule has 0 aliphatic carbocycles. The minimum Gasteiger partial charge on any atom is -0.377 e. The third kappa shape index (κ3) is 6.60. The van der Waals surface area contributed by atoms with Crippen LogP contribution in [-0.2, 0) is 11.2 Å². The van der Waals surface area contributed by atoms with E-state index in [9.17, 15) is 4.79 Å². The fourth-order valence-electron chi connectivity index (χ4n) is 5.01. The quantitative estimate of drug-likeness (QED) is 0.482. The first-order valence-corrected chi connectivity index (χ1v) is 13.8. The Balaban J connectivity index is 1.48. The van der Waals surface area contributed by atoms with Gasteiger partial charge in [-0.15, -0.1) is 0 Å². The number of benzene rings is 1. The van der Waals surface area contributed by atoms with E-state index in [4.69, 9.17) is 14.7 Å². The van der Waals surface area contributed by atoms with Crippen LogP contribution in [0.4, 0.5) is 16.3 Å². The first-order chi connectivity index (χ1) is 17.7. The van der Waals surface area contributed by atoms with Gasteiger partial charge < -0.3 is 20.3 Å². The van der Waals surface area contributed by atoms with Crippen LogP contribution in [0.1, 0.15) is 64.8 Å². The minimum absolute atomic E-state index is 0.171. The summed E-state index contributed by atoms with van der Waals surface area (Å²) in [6.07, 6.45) is 3.05. The van der Waals surface area contributed by atoms with Crippen LogP contribution in [0.15, 0.2) is 24.3 Å². The van der Waals surface area contributed by atoms with Crippen LogP contribution in [0.5, 0.6) is 0 Å². The zero-order valence-electron chi connectivity index (χ0n) is 23.4. The summed E-state index contributed by atoms with van der Waals surface area (Å²) in [7, 11) is 2.16. The maximum atomic E-state index is 12.4. The van der Waals surface area contributed by atoms with Crippen LogP contribution >= 0.6 is 0 Å². The molecule has 1 fully saturated rings. The Bertz CT molecular complexity index is 1060. The largest absolute Gasteiger partial charge is 0.377 e. The summed E-state index contributed by atoms with van der Waals surface area (Å²) in [4.78, 5) is 27.2. The van der Waals surface area contributed by atoms with Crippen LogP contribution in [0.3, 0.4) is 0 Å². The van der Waals surface area contributed by atoms with Crippen molar-refractivity contribution in [2.24, 2.45) is 11.8 Å². The van der Waals surface area contributed by atoms with E-state index >= 15 is 0 Å². The molecule has 2 aromatic rings. The van der Waals surface area contributed by atoms with Crippen LogP contribution in [0.25, 0.3) is 11.4 Å². The number of hydrogen-bond acceptors (Lipinski definition) is 6. The van der Waals surface area contributed by atoms with Crippen molar-refractivity contribution >= 4 is 17.5 Å². The first kappa shape index (κ1) is 27.3. The van der Waals surface area contributed by atoms with Gasteiger partial charge in [0.05, 0.1) is 24.9 Å². The van der Waals surface area contributed by atoms with Crippen molar-refractivity contribution in [2.75, 3.05) is 50.1 Å². The van der Waals surface area contributed by atoms with Crippen molar-refractivity contribution in [1.29, 1.82) is 0 Å². The number of nitrogens with zero attached hydrogens (tertiary/aromatic N) is 4. The van der Waals surface area contributed by atoms with Gasteiger partial charge in [-0.1, -0.05) is 20.8 Å². The number of morpholine rings is 1. The molecule has 0 bridgehead atoms. The Kier molecular flexibility index (Phi) is 9.03. The van der Waals surface area contributed by atoms with Crippen LogP contribution in [-0.4, -0.2) is 66.8 Å². The van der Waals surface area contributed by atoms with Crippen LogP contribution in [0, 0.1) is 11.8 Å². The van der Waals surface area contributed by atoms with Gasteiger partial charge in [-0.25, -0.2) is 14.8 Å². The van der Waals surface area contributed by atoms with E-state index in [0.717, 1.165) is 60.9 Å². The SMILES string of the molecule is CC(C)C(C)CCCNC(=O)Nc1ccc(-c2nc3c(c(N4CCOCC4C)n2)CCN(C)C3C)cc1. The third-order valence-electron chi connectivity index (χ3n) is 8.09. The molecule has 4 rings (SSSR count). The highest BCUT2D eigenvalue weighted by molar-refractivity contribution is 5.89. The summed E-state index contributed by atoms with van der Waals surface area (Å²) in [5.74, 6) is 3.11. The molecule has 3 unspecified atom stereocenters. The van der Waals surface area contributed by atoms with Crippen LogP contribution in [0.2, 0.25) is 0 Å². The van der Waals surface area contributed by atoms with Gasteiger partial charge in [0.2, 0.25) is 0 Å². The molecule has 8 nitrogen and oxygen atoms in total. The van der Waals surface area contributed by atoms with E-state index in [-0.39, 0.29) is 18.1 Å². The third-order valence-corrected chi connectivity index (χ3v) is 8.09. The van der Waals surface area contributed by atoms with Gasteiger partial charge in [-0.2, -0.15) is 0 Å². The molecule has 2 N–H and O–H groups in total. The summed E-state index contributed by atoms with van der Waals surface area (Å²) in [6.45, 7) is 15.1. The second kappa shape index (κ2) is 12.2. The number of likely N-dealkylation sites (N-methyl/N-ethyl adjacent to an activating group) is 1. The lowest BCUT2D eigenvalue weighted by Crippen LogP contribution is -2.45. The summed E-state index contributed by atoms with van der Waals surface area (Å²) in [5, 5.41) is 5.91. The lowest BCUT2D eigenvalue weighted by molar-refractivity contribution is 0.0983. The minimum atomic E-state index is -0.171. The van der Waals surface area contributed by atoms with Crippen molar-refractivity contribution in [2.45, 2.75) is 66.0 Å². The van der Waals surface area contributed by atoms with E-state index in [1.165, 1.54) is 5.56 Å². The van der Waals surface area contributed by atoms with Crippen molar-refractivity contribution < 1.29 is 9.53 Å². The summed E-state index contributed by atoms with van der Waals surface area (Å²) < 4.78 is 5.69. The molecular formula is C29H44N6O2. The Labute approximate surface area is 222 Å². The number of anilines is 2. The molecule has 2 aliphatic heterocycles. The molecule has 8 heteroatoms. The van der Waals surface area contributed by atoms with E-state index in [1.807, 2.05) is 24.3 Å². The summed E-state index contributed by atoms with van der Waals surface area (Å²) in [5.41, 5.74) is 4.07. The fourth-order valence-corrected chi connectivity index (χ4v) is 5.01. The maximum Gasteiger partial charge on any atom is 0.319 e. The van der Waals surface area contributed by atoms with Crippen molar-refractivity contribution in [1.82, 2.24) is 20.2 Å². The van der Waals surface area contributed by atoms with Gasteiger partial charge in [-0.3, -0.25) is 4.90 Å². The average Bonchev–Trinajstić information content (AvgIpc) is 2.89. The Morgan fingerprint density at radius 2 is 1.89 bits per heavy atom. The standard InChI is InChI=1S/C29H44N6O2/c1-19(2)20(3)8-7-14-30-29(36)31-24-11-9-23(10-12-24)27-32-26-22(5)34(6)15-13-25(26)28(33-27)35-16-17-37-18-21(35)4/h9-12,19-22H,7-8,13-18H2,1-6H3,(H2,30,31,36). The van der Waals surface area contributed by atoms with Gasteiger partial charge in [0.1, 0.15) is 5.82 Å². The highest BCUT2D eigenvalue weighted by Gasteiger charge is 2.31. The molecule has 1 aromatic carbocycles. The Morgan fingerprint density at radius 1 is 1.14 bits per heavy atom. The lowest BCUT2D eigenvalue weighted by atomic mass is 9.93. The Hall–Kier alpha value is -2.71. The van der Waals surface area contributed by atoms with Gasteiger partial charge >= 0.3 is 6.03 Å². The number of fused-ring (bicyclic) bond motifs is 1. The van der Waals surface area contributed by atoms with Crippen molar-refractivity contribution in [3.8, 4) is 11.4 Å². The van der Waals surface area contributed by atoms with Crippen molar-refractivity contribution in [3.63, 3.8) is 0 Å². The number of urea groups is 1. The van der Waals surface area contributed by atoms with Gasteiger partial charge in [-0.05, 0) is 76.3 Å². The van der Waals surface area contributed by atoms with Crippen LogP contribution < -0.4 is 15.5 Å². The van der Waals surface area contributed by atoms with Gasteiger partial charge in [0.15, 0.2) is 5.82 Å². The lowest BCUT2D eigenvalue weighted by Gasteiger charge is -2.39. The number of carbonyl (C=O) groups excluding carboxylic acids is 1. The monoisotopic (exact) mass is 508 g/mol. The predicted molar refractivity (Wildman–Crippen MR) is 150 cm³/mol. The summed E-state index contributed by atoms with van der Waals surface area (Å²) >= 11 is 0. The molecule has 202 valence electrons. The molecule has 2 amide bonds. The van der Waals surface area contributed by atoms with E-state index in [0.29, 0.717) is 31.6 Å². The second-order valence-corrected chi connectivity index (χ2v) is 11.1. The average molecular weight is 509 g/mol. The van der Waals surface area contributed by atoms with E-state index < -0.39 is 0 Å². The number of amides is 2. The molecule has 1 aromatic heterocycles. The zero-order chi connectivity index (χ0) is 26.5. The summed E-state index contributed by atoms with van der Waals surface area (Å²) in [6, 6.07) is 8.16. The maximum absolute atomic E-state index is 12.4. The van der Waals surface area contributed by atoms with E-state index in [2.05, 4.69) is 62.1 Å². The molecule has 37 heavy (non-hydrogen) atoms. The number of nitrogens with one attached hydrogen (secondary N) is 2. The normalized spacial score (nSPS) is 21.0. The van der Waals surface area contributed by atoms with Gasteiger partial charge in [0, 0.05) is 42.5 Å². The molecule has 0 saturated carbocycles. The number of aromatic nitrogens is 2.